The molecular formula is C18H23N3O3S. The van der Waals surface area contributed by atoms with Gasteiger partial charge in [-0.1, -0.05) is 0 Å². The van der Waals surface area contributed by atoms with Crippen LogP contribution < -0.4 is 10.6 Å². The fourth-order valence-corrected chi connectivity index (χ4v) is 3.80. The molecule has 0 aliphatic carbocycles. The first-order valence-electron chi connectivity index (χ1n) is 8.52. The SMILES string of the molecule is Cc1ccc(C(=O)NCC(=O)NCC(c2ccco2)N2CCCC2)s1. The van der Waals surface area contributed by atoms with Crippen LogP contribution in [0.15, 0.2) is 34.9 Å². The van der Waals surface area contributed by atoms with Crippen molar-refractivity contribution in [3.8, 4) is 0 Å². The molecule has 2 aromatic heterocycles. The highest BCUT2D eigenvalue weighted by Gasteiger charge is 2.25. The molecule has 0 bridgehead atoms. The van der Waals surface area contributed by atoms with Crippen LogP contribution in [0, 0.1) is 6.92 Å². The average molecular weight is 361 g/mol. The Morgan fingerprint density at radius 1 is 1.24 bits per heavy atom. The van der Waals surface area contributed by atoms with Gasteiger partial charge in [0, 0.05) is 11.4 Å². The molecule has 3 rings (SSSR count). The maximum Gasteiger partial charge on any atom is 0.261 e. The second-order valence-corrected chi connectivity index (χ2v) is 7.46. The number of rotatable bonds is 7. The molecule has 134 valence electrons. The third-order valence-electron chi connectivity index (χ3n) is 4.32. The van der Waals surface area contributed by atoms with Crippen LogP contribution >= 0.6 is 11.3 Å². The monoisotopic (exact) mass is 361 g/mol. The minimum Gasteiger partial charge on any atom is -0.468 e. The number of carbonyl (C=O) groups excluding carboxylic acids is 2. The summed E-state index contributed by atoms with van der Waals surface area (Å²) >= 11 is 1.42. The largest absolute Gasteiger partial charge is 0.468 e. The quantitative estimate of drug-likeness (QED) is 0.794. The number of nitrogens with zero attached hydrogens (tertiary/aromatic N) is 1. The smallest absolute Gasteiger partial charge is 0.261 e. The van der Waals surface area contributed by atoms with Gasteiger partial charge in [0.25, 0.3) is 5.91 Å². The zero-order chi connectivity index (χ0) is 17.6. The van der Waals surface area contributed by atoms with Gasteiger partial charge in [0.15, 0.2) is 0 Å². The first-order chi connectivity index (χ1) is 12.1. The van der Waals surface area contributed by atoms with Gasteiger partial charge in [0.1, 0.15) is 5.76 Å². The van der Waals surface area contributed by atoms with Crippen LogP contribution in [-0.2, 0) is 4.79 Å². The molecule has 0 radical (unpaired) electrons. The zero-order valence-electron chi connectivity index (χ0n) is 14.3. The van der Waals surface area contributed by atoms with Gasteiger partial charge < -0.3 is 15.1 Å². The lowest BCUT2D eigenvalue weighted by Gasteiger charge is -2.26. The van der Waals surface area contributed by atoms with E-state index in [9.17, 15) is 9.59 Å². The summed E-state index contributed by atoms with van der Waals surface area (Å²) in [5, 5.41) is 5.57. The van der Waals surface area contributed by atoms with Crippen molar-refractivity contribution in [2.24, 2.45) is 0 Å². The van der Waals surface area contributed by atoms with Crippen molar-refractivity contribution in [1.29, 1.82) is 0 Å². The number of thiophene rings is 1. The Hall–Kier alpha value is -2.12. The second-order valence-electron chi connectivity index (χ2n) is 6.17. The van der Waals surface area contributed by atoms with E-state index in [0.29, 0.717) is 11.4 Å². The van der Waals surface area contributed by atoms with Crippen LogP contribution in [0.25, 0.3) is 0 Å². The predicted molar refractivity (Wildman–Crippen MR) is 96.7 cm³/mol. The molecule has 3 heterocycles. The fraction of sp³-hybridized carbons (Fsp3) is 0.444. The first kappa shape index (κ1) is 17.7. The predicted octanol–water partition coefficient (Wildman–Crippen LogP) is 2.33. The Morgan fingerprint density at radius 3 is 2.68 bits per heavy atom. The first-order valence-corrected chi connectivity index (χ1v) is 9.34. The summed E-state index contributed by atoms with van der Waals surface area (Å²) in [7, 11) is 0. The molecular weight excluding hydrogens is 338 g/mol. The molecule has 1 aliphatic heterocycles. The Kier molecular flexibility index (Phi) is 5.88. The van der Waals surface area contributed by atoms with Gasteiger partial charge in [0.05, 0.1) is 23.7 Å². The minimum absolute atomic E-state index is 0.0271. The maximum absolute atomic E-state index is 12.1. The molecule has 2 amide bonds. The molecule has 0 saturated carbocycles. The van der Waals surface area contributed by atoms with Crippen molar-refractivity contribution >= 4 is 23.2 Å². The molecule has 1 fully saturated rings. The van der Waals surface area contributed by atoms with E-state index >= 15 is 0 Å². The highest BCUT2D eigenvalue weighted by molar-refractivity contribution is 7.13. The summed E-state index contributed by atoms with van der Waals surface area (Å²) in [6.07, 6.45) is 3.99. The average Bonchev–Trinajstić information content (AvgIpc) is 3.35. The lowest BCUT2D eigenvalue weighted by Crippen LogP contribution is -2.41. The van der Waals surface area contributed by atoms with Crippen LogP contribution in [0.4, 0.5) is 0 Å². The second kappa shape index (κ2) is 8.31. The van der Waals surface area contributed by atoms with Crippen molar-refractivity contribution in [3.05, 3.63) is 46.0 Å². The Morgan fingerprint density at radius 2 is 2.04 bits per heavy atom. The van der Waals surface area contributed by atoms with Gasteiger partial charge in [-0.05, 0) is 57.1 Å². The molecule has 2 aromatic rings. The minimum atomic E-state index is -0.213. The van der Waals surface area contributed by atoms with E-state index in [1.165, 1.54) is 24.2 Å². The van der Waals surface area contributed by atoms with E-state index < -0.39 is 0 Å². The highest BCUT2D eigenvalue weighted by atomic mass is 32.1. The number of likely N-dealkylation sites (tertiary alicyclic amines) is 1. The van der Waals surface area contributed by atoms with Crippen molar-refractivity contribution in [2.75, 3.05) is 26.2 Å². The van der Waals surface area contributed by atoms with E-state index in [4.69, 9.17) is 4.42 Å². The Bertz CT molecular complexity index is 705. The fourth-order valence-electron chi connectivity index (χ4n) is 3.02. The molecule has 25 heavy (non-hydrogen) atoms. The normalized spacial score (nSPS) is 15.9. The third kappa shape index (κ3) is 4.70. The van der Waals surface area contributed by atoms with Crippen LogP contribution in [0.3, 0.4) is 0 Å². The summed E-state index contributed by atoms with van der Waals surface area (Å²) in [6, 6.07) is 7.51. The number of nitrogens with one attached hydrogen (secondary N) is 2. The van der Waals surface area contributed by atoms with Gasteiger partial charge in [-0.15, -0.1) is 11.3 Å². The number of hydrogen-bond acceptors (Lipinski definition) is 5. The number of amides is 2. The zero-order valence-corrected chi connectivity index (χ0v) is 15.1. The van der Waals surface area contributed by atoms with Crippen molar-refractivity contribution in [1.82, 2.24) is 15.5 Å². The molecule has 0 aromatic carbocycles. The van der Waals surface area contributed by atoms with E-state index in [2.05, 4.69) is 15.5 Å². The number of hydrogen-bond donors (Lipinski definition) is 2. The summed E-state index contributed by atoms with van der Waals surface area (Å²) < 4.78 is 5.54. The van der Waals surface area contributed by atoms with Crippen LogP contribution in [0.5, 0.6) is 0 Å². The van der Waals surface area contributed by atoms with Gasteiger partial charge in [-0.2, -0.15) is 0 Å². The molecule has 7 heteroatoms. The summed E-state index contributed by atoms with van der Waals surface area (Å²) in [4.78, 5) is 28.1. The van der Waals surface area contributed by atoms with Crippen LogP contribution in [0.2, 0.25) is 0 Å². The van der Waals surface area contributed by atoms with Crippen LogP contribution in [-0.4, -0.2) is 42.9 Å². The molecule has 1 saturated heterocycles. The topological polar surface area (TPSA) is 74.6 Å². The van der Waals surface area contributed by atoms with Crippen molar-refractivity contribution in [3.63, 3.8) is 0 Å². The molecule has 1 aliphatic rings. The molecule has 0 spiro atoms. The Balaban J connectivity index is 1.49. The van der Waals surface area contributed by atoms with Gasteiger partial charge in [0.2, 0.25) is 5.91 Å². The molecule has 1 atom stereocenters. The van der Waals surface area contributed by atoms with Gasteiger partial charge in [-0.25, -0.2) is 0 Å². The van der Waals surface area contributed by atoms with Gasteiger partial charge >= 0.3 is 0 Å². The summed E-state index contributed by atoms with van der Waals surface area (Å²) in [6.45, 7) is 4.41. The standard InChI is InChI=1S/C18H23N3O3S/c1-13-6-7-16(25-13)18(23)20-12-17(22)19-11-14(15-5-4-10-24-15)21-8-2-3-9-21/h4-7,10,14H,2-3,8-9,11-12H2,1H3,(H,19,22)(H,20,23). The van der Waals surface area contributed by atoms with Crippen LogP contribution in [0.1, 0.15) is 39.2 Å². The molecule has 2 N–H and O–H groups in total. The maximum atomic E-state index is 12.1. The summed E-state index contributed by atoms with van der Waals surface area (Å²) in [5.41, 5.74) is 0. The molecule has 6 nitrogen and oxygen atoms in total. The highest BCUT2D eigenvalue weighted by Crippen LogP contribution is 2.24. The van der Waals surface area contributed by atoms with E-state index in [1.807, 2.05) is 25.1 Å². The number of carbonyl (C=O) groups is 2. The van der Waals surface area contributed by atoms with E-state index in [-0.39, 0.29) is 24.4 Å². The van der Waals surface area contributed by atoms with E-state index in [0.717, 1.165) is 23.7 Å². The lowest BCUT2D eigenvalue weighted by atomic mass is 10.2. The number of aryl methyl sites for hydroxylation is 1. The van der Waals surface area contributed by atoms with E-state index in [1.54, 1.807) is 12.3 Å². The Labute approximate surface area is 151 Å². The van der Waals surface area contributed by atoms with Gasteiger partial charge in [-0.3, -0.25) is 14.5 Å². The third-order valence-corrected chi connectivity index (χ3v) is 5.32. The lowest BCUT2D eigenvalue weighted by molar-refractivity contribution is -0.120. The van der Waals surface area contributed by atoms with Crippen molar-refractivity contribution in [2.45, 2.75) is 25.8 Å². The molecule has 1 unspecified atom stereocenters. The number of furan rings is 1. The summed E-state index contributed by atoms with van der Waals surface area (Å²) in [5.74, 6) is 0.452. The van der Waals surface area contributed by atoms with Crippen molar-refractivity contribution < 1.29 is 14.0 Å².